The van der Waals surface area contributed by atoms with E-state index in [1.165, 1.54) is 4.57 Å². The minimum atomic E-state index is -0.437. The number of benzene rings is 3. The van der Waals surface area contributed by atoms with Crippen molar-refractivity contribution in [2.45, 2.75) is 51.5 Å². The number of hydrogen-bond acceptors (Lipinski definition) is 5. The van der Waals surface area contributed by atoms with Crippen LogP contribution in [0.3, 0.4) is 0 Å². The number of para-hydroxylation sites is 1. The van der Waals surface area contributed by atoms with Crippen LogP contribution in [0.25, 0.3) is 11.4 Å². The van der Waals surface area contributed by atoms with E-state index in [0.717, 1.165) is 24.1 Å². The van der Waals surface area contributed by atoms with Gasteiger partial charge in [-0.1, -0.05) is 29.8 Å². The van der Waals surface area contributed by atoms with E-state index in [2.05, 4.69) is 26.3 Å². The zero-order valence-corrected chi connectivity index (χ0v) is 27.2. The van der Waals surface area contributed by atoms with E-state index in [-0.39, 0.29) is 49.1 Å². The number of ether oxygens (including phenoxy) is 1. The lowest BCUT2D eigenvalue weighted by atomic mass is 10.1. The van der Waals surface area contributed by atoms with E-state index < -0.39 is 5.91 Å². The van der Waals surface area contributed by atoms with E-state index in [4.69, 9.17) is 16.3 Å². The summed E-state index contributed by atoms with van der Waals surface area (Å²) < 4.78 is 11.4. The first-order valence-corrected chi connectivity index (χ1v) is 16.2. The summed E-state index contributed by atoms with van der Waals surface area (Å²) in [6, 6.07) is 21.4. The Balaban J connectivity index is 1.26. The summed E-state index contributed by atoms with van der Waals surface area (Å²) in [7, 11) is 0. The van der Waals surface area contributed by atoms with Crippen molar-refractivity contribution in [1.29, 1.82) is 0 Å². The number of halogens is 2. The Bertz CT molecular complexity index is 2000. The molecule has 0 spiro atoms. The second kappa shape index (κ2) is 12.3. The van der Waals surface area contributed by atoms with Crippen LogP contribution in [0.5, 0.6) is 5.75 Å². The van der Waals surface area contributed by atoms with Crippen molar-refractivity contribution in [3.63, 3.8) is 0 Å². The number of imidazole rings is 1. The SMILES string of the molecule is CC1Cn2c(c(C(=O)NCc3ccccc3-n3cccn3)n(-c3ccc(OC4CC4)cc3)c2=O)CN1C(=O)c1ccc(Br)c(Cl)c1. The summed E-state index contributed by atoms with van der Waals surface area (Å²) in [6.45, 7) is 2.37. The molecule has 1 atom stereocenters. The first kappa shape index (κ1) is 30.1. The second-order valence-electron chi connectivity index (χ2n) is 11.5. The van der Waals surface area contributed by atoms with E-state index >= 15 is 0 Å². The fraction of sp³-hybridized carbons (Fsp3) is 0.235. The maximum Gasteiger partial charge on any atom is 0.333 e. The van der Waals surface area contributed by atoms with Gasteiger partial charge in [0.05, 0.1) is 34.7 Å². The van der Waals surface area contributed by atoms with Crippen LogP contribution in [0.2, 0.25) is 5.02 Å². The van der Waals surface area contributed by atoms with Gasteiger partial charge >= 0.3 is 5.69 Å². The highest BCUT2D eigenvalue weighted by molar-refractivity contribution is 9.10. The van der Waals surface area contributed by atoms with Crippen LogP contribution in [0.4, 0.5) is 0 Å². The summed E-state index contributed by atoms with van der Waals surface area (Å²) >= 11 is 9.69. The summed E-state index contributed by atoms with van der Waals surface area (Å²) in [5.74, 6) is 0.0329. The Morgan fingerprint density at radius 3 is 2.57 bits per heavy atom. The topological polar surface area (TPSA) is 103 Å². The average molecular weight is 702 g/mol. The van der Waals surface area contributed by atoms with E-state index in [1.54, 1.807) is 50.7 Å². The van der Waals surface area contributed by atoms with Gasteiger partial charge in [0, 0.05) is 41.6 Å². The zero-order chi connectivity index (χ0) is 31.9. The molecule has 10 nitrogen and oxygen atoms in total. The molecule has 12 heteroatoms. The van der Waals surface area contributed by atoms with Gasteiger partial charge in [0.25, 0.3) is 11.8 Å². The Morgan fingerprint density at radius 1 is 1.07 bits per heavy atom. The Hall–Kier alpha value is -4.61. The smallest absolute Gasteiger partial charge is 0.333 e. The molecule has 0 bridgehead atoms. The minimum Gasteiger partial charge on any atom is -0.490 e. The van der Waals surface area contributed by atoms with Crippen molar-refractivity contribution in [2.75, 3.05) is 0 Å². The van der Waals surface area contributed by atoms with E-state index in [9.17, 15) is 14.4 Å². The van der Waals surface area contributed by atoms with Crippen LogP contribution >= 0.6 is 27.5 Å². The molecule has 2 aromatic heterocycles. The van der Waals surface area contributed by atoms with Crippen molar-refractivity contribution >= 4 is 39.3 Å². The molecule has 0 radical (unpaired) electrons. The van der Waals surface area contributed by atoms with Gasteiger partial charge in [-0.05, 0) is 95.9 Å². The molecule has 1 aliphatic carbocycles. The Kier molecular flexibility index (Phi) is 8.04. The molecule has 3 heterocycles. The minimum absolute atomic E-state index is 0.0609. The van der Waals surface area contributed by atoms with Crippen molar-refractivity contribution in [3.05, 3.63) is 128 Å². The predicted octanol–water partition coefficient (Wildman–Crippen LogP) is 5.76. The molecule has 46 heavy (non-hydrogen) atoms. The lowest BCUT2D eigenvalue weighted by Gasteiger charge is -2.34. The lowest BCUT2D eigenvalue weighted by molar-refractivity contribution is 0.0610. The van der Waals surface area contributed by atoms with Gasteiger partial charge in [0.15, 0.2) is 0 Å². The van der Waals surface area contributed by atoms with Crippen LogP contribution in [-0.4, -0.2) is 47.8 Å². The molecular formula is C34H30BrClN6O4. The summed E-state index contributed by atoms with van der Waals surface area (Å²) in [4.78, 5) is 43.6. The largest absolute Gasteiger partial charge is 0.490 e. The standard InChI is InChI=1S/C34H30BrClN6O4/c1-21-19-40-30(20-39(21)33(44)22-7-14-27(35)28(36)17-22)31(42(34(40)45)24-8-10-25(11-9-24)46-26-12-13-26)32(43)37-18-23-5-2-3-6-29(23)41-16-4-15-38-41/h2-11,14-17,21,26H,12-13,18-20H2,1H3,(H,37,43). The third-order valence-electron chi connectivity index (χ3n) is 8.29. The molecule has 1 unspecified atom stereocenters. The van der Waals surface area contributed by atoms with E-state index in [0.29, 0.717) is 32.2 Å². The van der Waals surface area contributed by atoms with Gasteiger partial charge in [-0.3, -0.25) is 18.7 Å². The van der Waals surface area contributed by atoms with Gasteiger partial charge in [-0.25, -0.2) is 9.48 Å². The highest BCUT2D eigenvalue weighted by Gasteiger charge is 2.35. The first-order chi connectivity index (χ1) is 22.3. The number of hydrogen-bond donors (Lipinski definition) is 1. The summed E-state index contributed by atoms with van der Waals surface area (Å²) in [6.07, 6.45) is 5.82. The molecule has 3 aromatic carbocycles. The number of rotatable bonds is 8. The molecule has 1 aliphatic heterocycles. The average Bonchev–Trinajstić information content (AvgIpc) is 3.61. The maximum absolute atomic E-state index is 14.2. The number of aromatic nitrogens is 4. The highest BCUT2D eigenvalue weighted by Crippen LogP contribution is 2.30. The van der Waals surface area contributed by atoms with Crippen molar-refractivity contribution < 1.29 is 14.3 Å². The second-order valence-corrected chi connectivity index (χ2v) is 12.8. The van der Waals surface area contributed by atoms with Crippen molar-refractivity contribution in [1.82, 2.24) is 29.1 Å². The molecule has 7 rings (SSSR count). The molecule has 1 saturated carbocycles. The van der Waals surface area contributed by atoms with Gasteiger partial charge < -0.3 is 15.0 Å². The third kappa shape index (κ3) is 5.76. The highest BCUT2D eigenvalue weighted by atomic mass is 79.9. The predicted molar refractivity (Wildman–Crippen MR) is 177 cm³/mol. The maximum atomic E-state index is 14.2. The van der Waals surface area contributed by atoms with E-state index in [1.807, 2.05) is 55.6 Å². The monoisotopic (exact) mass is 700 g/mol. The normalized spacial score (nSPS) is 15.8. The van der Waals surface area contributed by atoms with Gasteiger partial charge in [0.2, 0.25) is 0 Å². The van der Waals surface area contributed by atoms with Crippen LogP contribution in [-0.2, 0) is 19.6 Å². The summed E-state index contributed by atoms with van der Waals surface area (Å²) in [5, 5.41) is 7.79. The fourth-order valence-corrected chi connectivity index (χ4v) is 6.19. The van der Waals surface area contributed by atoms with Gasteiger partial charge in [0.1, 0.15) is 11.4 Å². The number of fused-ring (bicyclic) bond motifs is 1. The van der Waals surface area contributed by atoms with Gasteiger partial charge in [-0.15, -0.1) is 0 Å². The molecular weight excluding hydrogens is 672 g/mol. The number of carbonyl (C=O) groups is 2. The quantitative estimate of drug-likeness (QED) is 0.222. The van der Waals surface area contributed by atoms with Crippen LogP contribution in [0.15, 0.2) is 94.5 Å². The molecule has 2 aliphatic rings. The van der Waals surface area contributed by atoms with Crippen LogP contribution in [0.1, 0.15) is 51.9 Å². The Morgan fingerprint density at radius 2 is 1.85 bits per heavy atom. The summed E-state index contributed by atoms with van der Waals surface area (Å²) in [5.41, 5.74) is 2.91. The number of nitrogens with one attached hydrogen (secondary N) is 1. The third-order valence-corrected chi connectivity index (χ3v) is 9.52. The zero-order valence-electron chi connectivity index (χ0n) is 24.9. The number of amides is 2. The first-order valence-electron chi connectivity index (χ1n) is 15.0. The van der Waals surface area contributed by atoms with Crippen LogP contribution in [0, 0.1) is 0 Å². The van der Waals surface area contributed by atoms with Crippen molar-refractivity contribution in [3.8, 4) is 17.1 Å². The van der Waals surface area contributed by atoms with Crippen LogP contribution < -0.4 is 15.7 Å². The Labute approximate surface area is 278 Å². The molecule has 5 aromatic rings. The van der Waals surface area contributed by atoms with Gasteiger partial charge in [-0.2, -0.15) is 5.10 Å². The van der Waals surface area contributed by atoms with Crippen molar-refractivity contribution in [2.24, 2.45) is 0 Å². The molecule has 1 fully saturated rings. The molecule has 1 N–H and O–H groups in total. The molecule has 234 valence electrons. The fourth-order valence-electron chi connectivity index (χ4n) is 5.76. The molecule has 2 amide bonds. The number of carbonyl (C=O) groups excluding carboxylic acids is 2. The lowest BCUT2D eigenvalue weighted by Crippen LogP contribution is -2.47. The molecule has 0 saturated heterocycles. The number of nitrogens with zero attached hydrogens (tertiary/aromatic N) is 5.